The van der Waals surface area contributed by atoms with Gasteiger partial charge in [0, 0.05) is 24.6 Å². The Morgan fingerprint density at radius 2 is 1.69 bits per heavy atom. The molecule has 1 aromatic heterocycles. The molecule has 0 aliphatic carbocycles. The van der Waals surface area contributed by atoms with Crippen molar-refractivity contribution in [2.24, 2.45) is 0 Å². The molecule has 6 heteroatoms. The summed E-state index contributed by atoms with van der Waals surface area (Å²) < 4.78 is 12.3. The Morgan fingerprint density at radius 3 is 2.41 bits per heavy atom. The molecule has 0 spiro atoms. The van der Waals surface area contributed by atoms with Crippen molar-refractivity contribution >= 4 is 11.6 Å². The van der Waals surface area contributed by atoms with E-state index in [1.54, 1.807) is 25.1 Å². The van der Waals surface area contributed by atoms with Crippen LogP contribution in [0.4, 0.5) is 5.69 Å². The normalized spacial score (nSPS) is 10.7. The second-order valence-electron chi connectivity index (χ2n) is 7.39. The van der Waals surface area contributed by atoms with Crippen molar-refractivity contribution in [2.75, 3.05) is 19.5 Å². The van der Waals surface area contributed by atoms with Crippen LogP contribution >= 0.6 is 0 Å². The minimum atomic E-state index is -0.218. The van der Waals surface area contributed by atoms with Gasteiger partial charge in [-0.05, 0) is 47.5 Å². The average molecular weight is 428 g/mol. The Morgan fingerprint density at radius 1 is 0.938 bits per heavy atom. The molecule has 1 N–H and O–H groups in total. The molecule has 0 aliphatic rings. The standard InChI is InChI=1S/C26H25N3O3/c1-31-18-20-9-6-10-22(15-20)27-26(30)24-17-29(16-19-7-4-3-5-8-19)28-25(24)21-11-13-23(32-2)14-12-21/h3-15,17H,16,18H2,1-2H3,(H,27,30). The molecular weight excluding hydrogens is 402 g/mol. The van der Waals surface area contributed by atoms with Gasteiger partial charge in [-0.25, -0.2) is 0 Å². The van der Waals surface area contributed by atoms with Crippen LogP contribution in [0.5, 0.6) is 5.75 Å². The van der Waals surface area contributed by atoms with Gasteiger partial charge in [0.1, 0.15) is 11.4 Å². The van der Waals surface area contributed by atoms with E-state index in [-0.39, 0.29) is 5.91 Å². The minimum Gasteiger partial charge on any atom is -0.497 e. The van der Waals surface area contributed by atoms with E-state index >= 15 is 0 Å². The largest absolute Gasteiger partial charge is 0.497 e. The number of nitrogens with one attached hydrogen (secondary N) is 1. The van der Waals surface area contributed by atoms with Crippen molar-refractivity contribution in [2.45, 2.75) is 13.2 Å². The number of carbonyl (C=O) groups excluding carboxylic acids is 1. The van der Waals surface area contributed by atoms with Gasteiger partial charge < -0.3 is 14.8 Å². The van der Waals surface area contributed by atoms with E-state index in [9.17, 15) is 4.79 Å². The van der Waals surface area contributed by atoms with E-state index in [4.69, 9.17) is 14.6 Å². The quantitative estimate of drug-likeness (QED) is 0.430. The third-order valence-electron chi connectivity index (χ3n) is 5.05. The highest BCUT2D eigenvalue weighted by molar-refractivity contribution is 6.08. The van der Waals surface area contributed by atoms with Crippen molar-refractivity contribution in [3.8, 4) is 17.0 Å². The second-order valence-corrected chi connectivity index (χ2v) is 7.39. The molecule has 3 aromatic carbocycles. The van der Waals surface area contributed by atoms with E-state index < -0.39 is 0 Å². The molecule has 0 aliphatic heterocycles. The fraction of sp³-hybridized carbons (Fsp3) is 0.154. The lowest BCUT2D eigenvalue weighted by molar-refractivity contribution is 0.102. The first kappa shape index (κ1) is 21.3. The van der Waals surface area contributed by atoms with Gasteiger partial charge in [-0.3, -0.25) is 9.48 Å². The molecule has 0 saturated heterocycles. The number of amides is 1. The smallest absolute Gasteiger partial charge is 0.259 e. The van der Waals surface area contributed by atoms with Crippen molar-refractivity contribution < 1.29 is 14.3 Å². The summed E-state index contributed by atoms with van der Waals surface area (Å²) in [5.74, 6) is 0.531. The monoisotopic (exact) mass is 427 g/mol. The summed E-state index contributed by atoms with van der Waals surface area (Å²) in [5, 5.41) is 7.73. The highest BCUT2D eigenvalue weighted by Crippen LogP contribution is 2.26. The first-order valence-corrected chi connectivity index (χ1v) is 10.3. The van der Waals surface area contributed by atoms with Crippen LogP contribution in [0.3, 0.4) is 0 Å². The van der Waals surface area contributed by atoms with Crippen LogP contribution in [0.1, 0.15) is 21.5 Å². The van der Waals surface area contributed by atoms with Crippen molar-refractivity contribution in [1.82, 2.24) is 9.78 Å². The van der Waals surface area contributed by atoms with Gasteiger partial charge in [-0.2, -0.15) is 5.10 Å². The van der Waals surface area contributed by atoms with Crippen LogP contribution in [0.2, 0.25) is 0 Å². The van der Waals surface area contributed by atoms with Gasteiger partial charge in [-0.15, -0.1) is 0 Å². The first-order valence-electron chi connectivity index (χ1n) is 10.3. The molecule has 0 bridgehead atoms. The maximum atomic E-state index is 13.2. The molecule has 0 unspecified atom stereocenters. The Labute approximate surface area is 187 Å². The van der Waals surface area contributed by atoms with Crippen LogP contribution in [-0.2, 0) is 17.9 Å². The van der Waals surface area contributed by atoms with Gasteiger partial charge in [0.05, 0.1) is 25.8 Å². The van der Waals surface area contributed by atoms with Gasteiger partial charge in [-0.1, -0.05) is 42.5 Å². The van der Waals surface area contributed by atoms with Gasteiger partial charge >= 0.3 is 0 Å². The fourth-order valence-electron chi connectivity index (χ4n) is 3.51. The predicted molar refractivity (Wildman–Crippen MR) is 125 cm³/mol. The maximum Gasteiger partial charge on any atom is 0.259 e. The summed E-state index contributed by atoms with van der Waals surface area (Å²) in [7, 11) is 3.27. The fourth-order valence-corrected chi connectivity index (χ4v) is 3.51. The van der Waals surface area contributed by atoms with Crippen LogP contribution in [0.15, 0.2) is 85.1 Å². The minimum absolute atomic E-state index is 0.218. The van der Waals surface area contributed by atoms with E-state index in [0.29, 0.717) is 30.1 Å². The zero-order valence-corrected chi connectivity index (χ0v) is 18.1. The zero-order chi connectivity index (χ0) is 22.3. The number of anilines is 1. The summed E-state index contributed by atoms with van der Waals surface area (Å²) in [5.41, 5.74) is 4.77. The lowest BCUT2D eigenvalue weighted by Crippen LogP contribution is -2.12. The number of aromatic nitrogens is 2. The van der Waals surface area contributed by atoms with Crippen molar-refractivity contribution in [3.63, 3.8) is 0 Å². The van der Waals surface area contributed by atoms with Crippen LogP contribution in [0, 0.1) is 0 Å². The Kier molecular flexibility index (Phi) is 6.63. The molecule has 0 radical (unpaired) electrons. The number of benzene rings is 3. The van der Waals surface area contributed by atoms with Gasteiger partial charge in [0.15, 0.2) is 0 Å². The number of carbonyl (C=O) groups is 1. The number of rotatable bonds is 8. The molecule has 0 atom stereocenters. The average Bonchev–Trinajstić information content (AvgIpc) is 3.24. The van der Waals surface area contributed by atoms with Crippen molar-refractivity contribution in [1.29, 1.82) is 0 Å². The third kappa shape index (κ3) is 5.04. The summed E-state index contributed by atoms with van der Waals surface area (Å²) in [6.07, 6.45) is 1.79. The number of methoxy groups -OCH3 is 2. The molecule has 162 valence electrons. The van der Waals surface area contributed by atoms with Crippen LogP contribution < -0.4 is 10.1 Å². The maximum absolute atomic E-state index is 13.2. The summed E-state index contributed by atoms with van der Waals surface area (Å²) in [6, 6.07) is 25.2. The van der Waals surface area contributed by atoms with E-state index in [1.807, 2.05) is 78.9 Å². The topological polar surface area (TPSA) is 65.4 Å². The Hall–Kier alpha value is -3.90. The lowest BCUT2D eigenvalue weighted by Gasteiger charge is -2.08. The predicted octanol–water partition coefficient (Wildman–Crippen LogP) is 5.01. The molecular formula is C26H25N3O3. The van der Waals surface area contributed by atoms with Crippen LogP contribution in [-0.4, -0.2) is 29.9 Å². The highest BCUT2D eigenvalue weighted by Gasteiger charge is 2.19. The number of hydrogen-bond donors (Lipinski definition) is 1. The summed E-state index contributed by atoms with van der Waals surface area (Å²) >= 11 is 0. The van der Waals surface area contributed by atoms with Crippen LogP contribution in [0.25, 0.3) is 11.3 Å². The van der Waals surface area contributed by atoms with E-state index in [0.717, 1.165) is 22.4 Å². The summed E-state index contributed by atoms with van der Waals surface area (Å²) in [4.78, 5) is 13.2. The molecule has 6 nitrogen and oxygen atoms in total. The molecule has 0 saturated carbocycles. The molecule has 4 aromatic rings. The molecule has 1 amide bonds. The third-order valence-corrected chi connectivity index (χ3v) is 5.05. The molecule has 0 fully saturated rings. The summed E-state index contributed by atoms with van der Waals surface area (Å²) in [6.45, 7) is 1.05. The highest BCUT2D eigenvalue weighted by atomic mass is 16.5. The molecule has 4 rings (SSSR count). The van der Waals surface area contributed by atoms with E-state index in [1.165, 1.54) is 0 Å². The van der Waals surface area contributed by atoms with Gasteiger partial charge in [0.25, 0.3) is 5.91 Å². The second kappa shape index (κ2) is 9.94. The molecule has 32 heavy (non-hydrogen) atoms. The number of nitrogens with zero attached hydrogens (tertiary/aromatic N) is 2. The first-order chi connectivity index (χ1) is 15.7. The van der Waals surface area contributed by atoms with E-state index in [2.05, 4.69) is 5.32 Å². The zero-order valence-electron chi connectivity index (χ0n) is 18.1. The Balaban J connectivity index is 1.66. The number of ether oxygens (including phenoxy) is 2. The lowest BCUT2D eigenvalue weighted by atomic mass is 10.1. The Bertz CT molecular complexity index is 1180. The SMILES string of the molecule is COCc1cccc(NC(=O)c2cn(Cc3ccccc3)nc2-c2ccc(OC)cc2)c1. The van der Waals surface area contributed by atoms with Gasteiger partial charge in [0.2, 0.25) is 0 Å². The van der Waals surface area contributed by atoms with Crippen molar-refractivity contribution in [3.05, 3.63) is 102 Å². The molecule has 1 heterocycles. The number of hydrogen-bond acceptors (Lipinski definition) is 4.